The summed E-state index contributed by atoms with van der Waals surface area (Å²) in [5.74, 6) is 5.34. The van der Waals surface area contributed by atoms with E-state index < -0.39 is 0 Å². The molecule has 5 nitrogen and oxygen atoms in total. The van der Waals surface area contributed by atoms with Crippen LogP contribution in [0.25, 0.3) is 0 Å². The Balaban J connectivity index is 2.08. The third-order valence-electron chi connectivity index (χ3n) is 2.88. The number of amides is 1. The second kappa shape index (κ2) is 5.77. The smallest absolute Gasteiger partial charge is 0.237 e. The van der Waals surface area contributed by atoms with Crippen molar-refractivity contribution in [2.75, 3.05) is 17.2 Å². The van der Waals surface area contributed by atoms with Gasteiger partial charge in [0.15, 0.2) is 5.17 Å². The molecule has 18 heavy (non-hydrogen) atoms. The lowest BCUT2D eigenvalue weighted by molar-refractivity contribution is -0.116. The summed E-state index contributed by atoms with van der Waals surface area (Å²) in [6.45, 7) is 0.760. The Labute approximate surface area is 110 Å². The van der Waals surface area contributed by atoms with Crippen LogP contribution in [0, 0.1) is 0 Å². The summed E-state index contributed by atoms with van der Waals surface area (Å²) >= 11 is 1.16. The van der Waals surface area contributed by atoms with Crippen molar-refractivity contribution in [2.24, 2.45) is 16.7 Å². The minimum Gasteiger partial charge on any atom is -0.377 e. The lowest BCUT2D eigenvalue weighted by Crippen LogP contribution is -2.37. The Morgan fingerprint density at radius 1 is 1.44 bits per heavy atom. The normalized spacial score (nSPS) is 15.3. The summed E-state index contributed by atoms with van der Waals surface area (Å²) in [5, 5.41) is 3.57. The highest BCUT2D eigenvalue weighted by molar-refractivity contribution is 8.14. The van der Waals surface area contributed by atoms with Crippen LogP contribution in [-0.4, -0.2) is 23.4 Å². The number of carbonyl (C=O) groups is 1. The molecule has 0 spiro atoms. The topological polar surface area (TPSA) is 84.7 Å². The van der Waals surface area contributed by atoms with Gasteiger partial charge in [-0.25, -0.2) is 0 Å². The van der Waals surface area contributed by atoms with Crippen molar-refractivity contribution >= 4 is 28.5 Å². The highest BCUT2D eigenvalue weighted by Gasteiger charge is 2.21. The lowest BCUT2D eigenvalue weighted by atomic mass is 10.0. The fourth-order valence-electron chi connectivity index (χ4n) is 2.04. The van der Waals surface area contributed by atoms with Crippen molar-refractivity contribution in [3.05, 3.63) is 29.8 Å². The number of hydrogen-bond acceptors (Lipinski definition) is 4. The van der Waals surface area contributed by atoms with E-state index in [4.69, 9.17) is 11.6 Å². The molecule has 0 saturated carbocycles. The van der Waals surface area contributed by atoms with E-state index in [9.17, 15) is 4.79 Å². The van der Waals surface area contributed by atoms with E-state index >= 15 is 0 Å². The lowest BCUT2D eigenvalue weighted by Gasteiger charge is -2.29. The second-order valence-electron chi connectivity index (χ2n) is 4.03. The molecule has 1 aliphatic rings. The van der Waals surface area contributed by atoms with Gasteiger partial charge in [-0.2, -0.15) is 5.10 Å². The Kier molecular flexibility index (Phi) is 4.09. The van der Waals surface area contributed by atoms with Crippen molar-refractivity contribution in [3.8, 4) is 0 Å². The molecule has 4 N–H and O–H groups in total. The molecule has 0 aromatic heterocycles. The molecule has 96 valence electrons. The number of hydrazone groups is 1. The van der Waals surface area contributed by atoms with Gasteiger partial charge in [0.2, 0.25) is 5.91 Å². The number of aryl methyl sites for hydroxylation is 1. The van der Waals surface area contributed by atoms with Gasteiger partial charge in [0.05, 0.1) is 5.75 Å². The molecule has 1 heterocycles. The maximum Gasteiger partial charge on any atom is 0.237 e. The van der Waals surface area contributed by atoms with Crippen molar-refractivity contribution in [2.45, 2.75) is 12.8 Å². The van der Waals surface area contributed by atoms with Gasteiger partial charge in [0, 0.05) is 12.2 Å². The maximum atomic E-state index is 12.1. The first kappa shape index (κ1) is 12.8. The van der Waals surface area contributed by atoms with Crippen LogP contribution >= 0.6 is 11.8 Å². The SMILES string of the molecule is NN=C(N)SCC(=O)N1CCCc2ccccc21. The highest BCUT2D eigenvalue weighted by Crippen LogP contribution is 2.27. The number of fused-ring (bicyclic) bond motifs is 1. The van der Waals surface area contributed by atoms with Crippen molar-refractivity contribution in [1.82, 2.24) is 0 Å². The summed E-state index contributed by atoms with van der Waals surface area (Å²) in [6, 6.07) is 8.00. The number of benzene rings is 1. The zero-order valence-corrected chi connectivity index (χ0v) is 10.8. The number of amidine groups is 1. The molecule has 2 rings (SSSR count). The predicted molar refractivity (Wildman–Crippen MR) is 75.4 cm³/mol. The standard InChI is InChI=1S/C12H16N4OS/c13-12(15-14)18-8-11(17)16-7-3-5-9-4-1-2-6-10(9)16/h1-2,4,6H,3,5,7-8,14H2,(H2,13,15). The minimum atomic E-state index is 0.0405. The molecule has 1 aromatic carbocycles. The molecular weight excluding hydrogens is 248 g/mol. The molecule has 0 aliphatic carbocycles. The monoisotopic (exact) mass is 264 g/mol. The molecule has 6 heteroatoms. The van der Waals surface area contributed by atoms with Crippen molar-refractivity contribution in [1.29, 1.82) is 0 Å². The summed E-state index contributed by atoms with van der Waals surface area (Å²) in [6.07, 6.45) is 2.02. The molecule has 1 amide bonds. The van der Waals surface area contributed by atoms with Gasteiger partial charge in [0.1, 0.15) is 0 Å². The molecule has 0 atom stereocenters. The quantitative estimate of drug-likeness (QED) is 0.359. The average molecular weight is 264 g/mol. The van der Waals surface area contributed by atoms with Crippen molar-refractivity contribution < 1.29 is 4.79 Å². The first-order valence-electron chi connectivity index (χ1n) is 5.77. The van der Waals surface area contributed by atoms with Gasteiger partial charge in [-0.15, -0.1) is 0 Å². The van der Waals surface area contributed by atoms with Crippen LogP contribution in [0.2, 0.25) is 0 Å². The van der Waals surface area contributed by atoms with Gasteiger partial charge in [-0.1, -0.05) is 30.0 Å². The number of rotatable bonds is 2. The van der Waals surface area contributed by atoms with Crippen LogP contribution in [0.1, 0.15) is 12.0 Å². The first-order chi connectivity index (χ1) is 8.72. The number of nitrogens with two attached hydrogens (primary N) is 2. The predicted octanol–water partition coefficient (Wildman–Crippen LogP) is 0.887. The van der Waals surface area contributed by atoms with Crippen molar-refractivity contribution in [3.63, 3.8) is 0 Å². The van der Waals surface area contributed by atoms with Gasteiger partial charge >= 0.3 is 0 Å². The summed E-state index contributed by atoms with van der Waals surface area (Å²) < 4.78 is 0. The molecule has 1 aliphatic heterocycles. The van der Waals surface area contributed by atoms with E-state index in [1.54, 1.807) is 0 Å². The number of carbonyl (C=O) groups excluding carboxylic acids is 1. The van der Waals surface area contributed by atoms with Gasteiger partial charge in [-0.3, -0.25) is 4.79 Å². The molecule has 0 unspecified atom stereocenters. The largest absolute Gasteiger partial charge is 0.377 e. The maximum absolute atomic E-state index is 12.1. The summed E-state index contributed by atoms with van der Waals surface area (Å²) in [5.41, 5.74) is 7.70. The highest BCUT2D eigenvalue weighted by atomic mass is 32.2. The third kappa shape index (κ3) is 2.76. The number of thioether (sulfide) groups is 1. The molecule has 1 aromatic rings. The number of hydrogen-bond donors (Lipinski definition) is 2. The summed E-state index contributed by atoms with van der Waals surface area (Å²) in [7, 11) is 0. The van der Waals surface area contributed by atoms with Crippen LogP contribution in [0.5, 0.6) is 0 Å². The van der Waals surface area contributed by atoms with E-state index in [-0.39, 0.29) is 16.8 Å². The van der Waals surface area contributed by atoms with Crippen LogP contribution in [0.4, 0.5) is 5.69 Å². The van der Waals surface area contributed by atoms with Crippen LogP contribution in [-0.2, 0) is 11.2 Å². The van der Waals surface area contributed by atoms with E-state index in [2.05, 4.69) is 11.2 Å². The van der Waals surface area contributed by atoms with E-state index in [0.717, 1.165) is 36.8 Å². The Bertz CT molecular complexity index is 475. The van der Waals surface area contributed by atoms with Gasteiger partial charge < -0.3 is 16.5 Å². The fourth-order valence-corrected chi connectivity index (χ4v) is 2.55. The molecule has 0 radical (unpaired) electrons. The summed E-state index contributed by atoms with van der Waals surface area (Å²) in [4.78, 5) is 14.0. The van der Waals surface area contributed by atoms with E-state index in [1.807, 2.05) is 23.1 Å². The van der Waals surface area contributed by atoms with Crippen LogP contribution in [0.15, 0.2) is 29.4 Å². The average Bonchev–Trinajstić information content (AvgIpc) is 2.43. The zero-order valence-electron chi connectivity index (χ0n) is 10.0. The zero-order chi connectivity index (χ0) is 13.0. The molecule has 0 fully saturated rings. The van der Waals surface area contributed by atoms with E-state index in [0.29, 0.717) is 0 Å². The molecule has 0 saturated heterocycles. The van der Waals surface area contributed by atoms with E-state index in [1.165, 1.54) is 5.56 Å². The first-order valence-corrected chi connectivity index (χ1v) is 6.75. The second-order valence-corrected chi connectivity index (χ2v) is 5.03. The van der Waals surface area contributed by atoms with Gasteiger partial charge in [0.25, 0.3) is 0 Å². The number of anilines is 1. The molecular formula is C12H16N4OS. The minimum absolute atomic E-state index is 0.0405. The number of nitrogens with zero attached hydrogens (tertiary/aromatic N) is 2. The number of para-hydroxylation sites is 1. The molecule has 0 bridgehead atoms. The Morgan fingerprint density at radius 2 is 2.22 bits per heavy atom. The van der Waals surface area contributed by atoms with Crippen LogP contribution in [0.3, 0.4) is 0 Å². The fraction of sp³-hybridized carbons (Fsp3) is 0.333. The van der Waals surface area contributed by atoms with Gasteiger partial charge in [-0.05, 0) is 24.5 Å². The van der Waals surface area contributed by atoms with Crippen LogP contribution < -0.4 is 16.5 Å². The Morgan fingerprint density at radius 3 is 3.00 bits per heavy atom. The third-order valence-corrected chi connectivity index (χ3v) is 3.67. The Hall–Kier alpha value is -1.69.